The maximum absolute atomic E-state index is 11.2. The van der Waals surface area contributed by atoms with E-state index in [0.29, 0.717) is 12.3 Å². The number of ether oxygens (including phenoxy) is 1. The summed E-state index contributed by atoms with van der Waals surface area (Å²) in [6, 6.07) is 5.55. The minimum absolute atomic E-state index is 0.240. The first kappa shape index (κ1) is 15.5. The zero-order chi connectivity index (χ0) is 14.5. The Hall–Kier alpha value is -1.60. The van der Waals surface area contributed by atoms with E-state index in [9.17, 15) is 13.2 Å². The molecule has 19 heavy (non-hydrogen) atoms. The SMILES string of the molecule is C[C@@H](N)C(=O)NCCOc1ccc(S(C)(=O)=O)cc1. The Morgan fingerprint density at radius 3 is 2.42 bits per heavy atom. The number of amides is 1. The first-order valence-corrected chi connectivity index (χ1v) is 7.66. The molecule has 1 aromatic carbocycles. The molecular formula is C12H18N2O4S. The van der Waals surface area contributed by atoms with E-state index < -0.39 is 15.9 Å². The molecule has 0 saturated heterocycles. The number of sulfone groups is 1. The Morgan fingerprint density at radius 1 is 1.37 bits per heavy atom. The summed E-state index contributed by atoms with van der Waals surface area (Å²) in [5.74, 6) is 0.304. The van der Waals surface area contributed by atoms with Gasteiger partial charge in [0, 0.05) is 6.26 Å². The Balaban J connectivity index is 2.41. The van der Waals surface area contributed by atoms with Crippen LogP contribution in [-0.2, 0) is 14.6 Å². The highest BCUT2D eigenvalue weighted by Gasteiger charge is 2.07. The van der Waals surface area contributed by atoms with Gasteiger partial charge >= 0.3 is 0 Å². The number of benzene rings is 1. The van der Waals surface area contributed by atoms with Gasteiger partial charge in [-0.2, -0.15) is 0 Å². The Morgan fingerprint density at radius 2 is 1.95 bits per heavy atom. The average molecular weight is 286 g/mol. The van der Waals surface area contributed by atoms with E-state index in [0.717, 1.165) is 6.26 Å². The highest BCUT2D eigenvalue weighted by atomic mass is 32.2. The van der Waals surface area contributed by atoms with Gasteiger partial charge < -0.3 is 15.8 Å². The van der Waals surface area contributed by atoms with Gasteiger partial charge in [0.2, 0.25) is 5.91 Å². The van der Waals surface area contributed by atoms with Crippen molar-refractivity contribution in [3.63, 3.8) is 0 Å². The van der Waals surface area contributed by atoms with Gasteiger partial charge in [-0.1, -0.05) is 0 Å². The highest BCUT2D eigenvalue weighted by molar-refractivity contribution is 7.90. The monoisotopic (exact) mass is 286 g/mol. The molecule has 1 rings (SSSR count). The molecule has 6 nitrogen and oxygen atoms in total. The second-order valence-electron chi connectivity index (χ2n) is 4.17. The van der Waals surface area contributed by atoms with E-state index in [1.54, 1.807) is 19.1 Å². The summed E-state index contributed by atoms with van der Waals surface area (Å²) in [5.41, 5.74) is 5.38. The zero-order valence-corrected chi connectivity index (χ0v) is 11.7. The summed E-state index contributed by atoms with van der Waals surface area (Å²) in [5, 5.41) is 2.60. The molecule has 0 spiro atoms. The van der Waals surface area contributed by atoms with Crippen LogP contribution in [0.4, 0.5) is 0 Å². The molecule has 0 radical (unpaired) electrons. The maximum Gasteiger partial charge on any atom is 0.236 e. The van der Waals surface area contributed by atoms with Crippen LogP contribution in [0, 0.1) is 0 Å². The molecule has 1 amide bonds. The van der Waals surface area contributed by atoms with Gasteiger partial charge in [-0.25, -0.2) is 8.42 Å². The van der Waals surface area contributed by atoms with Crippen LogP contribution in [0.2, 0.25) is 0 Å². The van der Waals surface area contributed by atoms with Gasteiger partial charge in [-0.3, -0.25) is 4.79 Å². The number of rotatable bonds is 6. The fourth-order valence-corrected chi connectivity index (χ4v) is 1.92. The molecule has 0 aliphatic carbocycles. The molecule has 106 valence electrons. The van der Waals surface area contributed by atoms with Crippen molar-refractivity contribution in [2.24, 2.45) is 5.73 Å². The van der Waals surface area contributed by atoms with Crippen molar-refractivity contribution in [1.29, 1.82) is 0 Å². The van der Waals surface area contributed by atoms with Crippen LogP contribution in [0.5, 0.6) is 5.75 Å². The predicted octanol–water partition coefficient (Wildman–Crippen LogP) is -0.0677. The quantitative estimate of drug-likeness (QED) is 0.713. The van der Waals surface area contributed by atoms with E-state index in [4.69, 9.17) is 10.5 Å². The molecule has 0 fully saturated rings. The van der Waals surface area contributed by atoms with Crippen LogP contribution in [-0.4, -0.2) is 39.8 Å². The lowest BCUT2D eigenvalue weighted by atomic mass is 10.3. The van der Waals surface area contributed by atoms with Crippen LogP contribution in [0.3, 0.4) is 0 Å². The molecule has 0 bridgehead atoms. The Bertz CT molecular complexity index is 523. The summed E-state index contributed by atoms with van der Waals surface area (Å²) in [6.45, 7) is 2.23. The molecule has 0 saturated carbocycles. The smallest absolute Gasteiger partial charge is 0.236 e. The topological polar surface area (TPSA) is 98.5 Å². The second kappa shape index (κ2) is 6.53. The van der Waals surface area contributed by atoms with Gasteiger partial charge in [-0.15, -0.1) is 0 Å². The maximum atomic E-state index is 11.2. The molecule has 0 aliphatic heterocycles. The van der Waals surface area contributed by atoms with Crippen LogP contribution < -0.4 is 15.8 Å². The van der Waals surface area contributed by atoms with Crippen LogP contribution in [0.1, 0.15) is 6.92 Å². The lowest BCUT2D eigenvalue weighted by Crippen LogP contribution is -2.40. The summed E-state index contributed by atoms with van der Waals surface area (Å²) in [4.78, 5) is 11.4. The van der Waals surface area contributed by atoms with E-state index >= 15 is 0 Å². The van der Waals surface area contributed by atoms with Crippen molar-refractivity contribution in [2.45, 2.75) is 17.9 Å². The third-order valence-electron chi connectivity index (χ3n) is 2.34. The third-order valence-corrected chi connectivity index (χ3v) is 3.46. The first-order valence-electron chi connectivity index (χ1n) is 5.77. The lowest BCUT2D eigenvalue weighted by Gasteiger charge is -2.09. The number of hydrogen-bond acceptors (Lipinski definition) is 5. The molecule has 3 N–H and O–H groups in total. The average Bonchev–Trinajstić information content (AvgIpc) is 2.33. The molecule has 0 aromatic heterocycles. The Labute approximate surface area is 112 Å². The first-order chi connectivity index (χ1) is 8.80. The zero-order valence-electron chi connectivity index (χ0n) is 10.9. The van der Waals surface area contributed by atoms with Crippen LogP contribution in [0.25, 0.3) is 0 Å². The molecular weight excluding hydrogens is 268 g/mol. The molecule has 0 aliphatic rings. The van der Waals surface area contributed by atoms with E-state index in [2.05, 4.69) is 5.32 Å². The summed E-state index contributed by atoms with van der Waals surface area (Å²) in [6.07, 6.45) is 1.15. The third kappa shape index (κ3) is 5.27. The van der Waals surface area contributed by atoms with Crippen molar-refractivity contribution in [3.05, 3.63) is 24.3 Å². The lowest BCUT2D eigenvalue weighted by molar-refractivity contribution is -0.122. The molecule has 1 aromatic rings. The van der Waals surface area contributed by atoms with Gasteiger partial charge in [-0.05, 0) is 31.2 Å². The minimum atomic E-state index is -3.19. The Kier molecular flexibility index (Phi) is 5.31. The van der Waals surface area contributed by atoms with Crippen molar-refractivity contribution >= 4 is 15.7 Å². The van der Waals surface area contributed by atoms with Crippen molar-refractivity contribution in [2.75, 3.05) is 19.4 Å². The van der Waals surface area contributed by atoms with Crippen molar-refractivity contribution in [3.8, 4) is 5.75 Å². The number of carbonyl (C=O) groups excluding carboxylic acids is 1. The van der Waals surface area contributed by atoms with E-state index in [1.807, 2.05) is 0 Å². The summed E-state index contributed by atoms with van der Waals surface area (Å²) < 4.78 is 27.8. The summed E-state index contributed by atoms with van der Waals surface area (Å²) >= 11 is 0. The largest absolute Gasteiger partial charge is 0.492 e. The number of carbonyl (C=O) groups is 1. The van der Waals surface area contributed by atoms with Crippen molar-refractivity contribution < 1.29 is 17.9 Å². The predicted molar refractivity (Wildman–Crippen MR) is 71.7 cm³/mol. The van der Waals surface area contributed by atoms with E-state index in [1.165, 1.54) is 12.1 Å². The number of hydrogen-bond donors (Lipinski definition) is 2. The number of nitrogens with one attached hydrogen (secondary N) is 1. The minimum Gasteiger partial charge on any atom is -0.492 e. The standard InChI is InChI=1S/C12H18N2O4S/c1-9(13)12(15)14-7-8-18-10-3-5-11(6-4-10)19(2,16)17/h3-6,9H,7-8,13H2,1-2H3,(H,14,15)/t9-/m1/s1. The fraction of sp³-hybridized carbons (Fsp3) is 0.417. The van der Waals surface area contributed by atoms with Crippen LogP contribution in [0.15, 0.2) is 29.2 Å². The number of nitrogens with two attached hydrogens (primary N) is 1. The fourth-order valence-electron chi connectivity index (χ4n) is 1.29. The molecule has 0 heterocycles. The highest BCUT2D eigenvalue weighted by Crippen LogP contribution is 2.15. The normalized spacial score (nSPS) is 12.8. The van der Waals surface area contributed by atoms with Gasteiger partial charge in [0.1, 0.15) is 12.4 Å². The second-order valence-corrected chi connectivity index (χ2v) is 6.19. The summed E-state index contributed by atoms with van der Waals surface area (Å²) in [7, 11) is -3.19. The molecule has 7 heteroatoms. The van der Waals surface area contributed by atoms with E-state index in [-0.39, 0.29) is 17.4 Å². The van der Waals surface area contributed by atoms with Gasteiger partial charge in [0.05, 0.1) is 17.5 Å². The van der Waals surface area contributed by atoms with Crippen molar-refractivity contribution in [1.82, 2.24) is 5.32 Å². The van der Waals surface area contributed by atoms with Gasteiger partial charge in [0.15, 0.2) is 9.84 Å². The van der Waals surface area contributed by atoms with Crippen LogP contribution >= 0.6 is 0 Å². The molecule has 0 unspecified atom stereocenters. The van der Waals surface area contributed by atoms with Gasteiger partial charge in [0.25, 0.3) is 0 Å². The molecule has 1 atom stereocenters.